The molecule has 0 radical (unpaired) electrons. The van der Waals surface area contributed by atoms with E-state index in [0.29, 0.717) is 36.0 Å². The van der Waals surface area contributed by atoms with E-state index in [1.165, 1.54) is 0 Å². The molecule has 0 bridgehead atoms. The Hall–Kier alpha value is -1.69. The molecule has 6 heteroatoms. The topological polar surface area (TPSA) is 69.6 Å². The van der Waals surface area contributed by atoms with E-state index in [1.54, 1.807) is 22.7 Å². The molecule has 0 aromatic heterocycles. The first-order valence-corrected chi connectivity index (χ1v) is 8.23. The molecule has 0 spiro atoms. The Bertz CT molecular complexity index is 535. The highest BCUT2D eigenvalue weighted by molar-refractivity contribution is 7.99. The first-order chi connectivity index (χ1) is 10.0. The number of carbonyl (C=O) groups excluding carboxylic acids is 1. The van der Waals surface area contributed by atoms with Gasteiger partial charge < -0.3 is 10.4 Å². The van der Waals surface area contributed by atoms with Gasteiger partial charge in [-0.1, -0.05) is 25.1 Å². The van der Waals surface area contributed by atoms with Gasteiger partial charge in [-0.25, -0.2) is 4.79 Å². The minimum absolute atomic E-state index is 0.160. The zero-order chi connectivity index (χ0) is 15.4. The van der Waals surface area contributed by atoms with Crippen molar-refractivity contribution >= 4 is 29.4 Å². The lowest BCUT2D eigenvalue weighted by Crippen LogP contribution is -2.45. The summed E-state index contributed by atoms with van der Waals surface area (Å²) in [6.07, 6.45) is 2.45. The maximum atomic E-state index is 12.3. The van der Waals surface area contributed by atoms with Crippen molar-refractivity contribution in [2.45, 2.75) is 24.5 Å². The molecular formula is C15H20N2O3S. The number of benzene rings is 1. The van der Waals surface area contributed by atoms with Crippen LogP contribution >= 0.6 is 11.8 Å². The van der Waals surface area contributed by atoms with Gasteiger partial charge in [0, 0.05) is 24.0 Å². The zero-order valence-corrected chi connectivity index (χ0v) is 13.0. The fourth-order valence-corrected chi connectivity index (χ4v) is 2.69. The number of rotatable bonds is 4. The van der Waals surface area contributed by atoms with Crippen LogP contribution in [0, 0.1) is 0 Å². The summed E-state index contributed by atoms with van der Waals surface area (Å²) in [6.45, 7) is 3.07. The molecule has 2 atom stereocenters. The summed E-state index contributed by atoms with van der Waals surface area (Å²) in [5.74, 6) is -1.37. The van der Waals surface area contributed by atoms with Gasteiger partial charge in [-0.3, -0.25) is 9.69 Å². The molecule has 1 heterocycles. The van der Waals surface area contributed by atoms with Gasteiger partial charge in [-0.15, -0.1) is 0 Å². The van der Waals surface area contributed by atoms with Gasteiger partial charge in [0.1, 0.15) is 0 Å². The molecule has 0 saturated heterocycles. The van der Waals surface area contributed by atoms with Gasteiger partial charge >= 0.3 is 12.0 Å². The van der Waals surface area contributed by atoms with Crippen LogP contribution in [0.3, 0.4) is 0 Å². The van der Waals surface area contributed by atoms with Crippen LogP contribution in [0.2, 0.25) is 0 Å². The number of para-hydroxylation sites is 1. The fraction of sp³-hybridized carbons (Fsp3) is 0.467. The number of anilines is 1. The molecule has 5 nitrogen and oxygen atoms in total. The number of aliphatic carboxylic acids is 1. The van der Waals surface area contributed by atoms with E-state index >= 15 is 0 Å². The van der Waals surface area contributed by atoms with Gasteiger partial charge in [0.25, 0.3) is 0 Å². The predicted octanol–water partition coefficient (Wildman–Crippen LogP) is 2.53. The number of hydrogen-bond acceptors (Lipinski definition) is 3. The third-order valence-corrected chi connectivity index (χ3v) is 4.70. The minimum Gasteiger partial charge on any atom is -0.481 e. The molecule has 0 fully saturated rings. The Balaban J connectivity index is 2.17. The monoisotopic (exact) mass is 308 g/mol. The number of nitrogens with one attached hydrogen (secondary N) is 1. The second kappa shape index (κ2) is 6.85. The molecule has 21 heavy (non-hydrogen) atoms. The summed E-state index contributed by atoms with van der Waals surface area (Å²) in [5, 5.41) is 12.6. The molecule has 114 valence electrons. The summed E-state index contributed by atoms with van der Waals surface area (Å²) >= 11 is 1.69. The van der Waals surface area contributed by atoms with Crippen molar-refractivity contribution in [1.29, 1.82) is 0 Å². The molecule has 0 saturated carbocycles. The minimum atomic E-state index is -0.835. The largest absolute Gasteiger partial charge is 0.481 e. The number of carboxylic acid groups (broad SMARTS) is 1. The fourth-order valence-electron chi connectivity index (χ4n) is 2.44. The lowest BCUT2D eigenvalue weighted by molar-refractivity contribution is -0.139. The predicted molar refractivity (Wildman–Crippen MR) is 85.2 cm³/mol. The van der Waals surface area contributed by atoms with Crippen molar-refractivity contribution in [3.8, 4) is 0 Å². The van der Waals surface area contributed by atoms with Crippen molar-refractivity contribution in [2.24, 2.45) is 0 Å². The molecule has 2 N–H and O–H groups in total. The second-order valence-corrected chi connectivity index (χ2v) is 6.40. The molecule has 2 amide bonds. The molecule has 2 rings (SSSR count). The average molecular weight is 308 g/mol. The van der Waals surface area contributed by atoms with Gasteiger partial charge in [-0.05, 0) is 24.3 Å². The summed E-state index contributed by atoms with van der Waals surface area (Å²) in [5.41, 5.74) is 1.41. The van der Waals surface area contributed by atoms with Gasteiger partial charge in [0.2, 0.25) is 0 Å². The SMILES string of the molecule is CSC(C)CNC(=O)N1CCC(C(=O)O)c2ccccc21. The van der Waals surface area contributed by atoms with E-state index < -0.39 is 11.9 Å². The Morgan fingerprint density at radius 1 is 1.48 bits per heavy atom. The van der Waals surface area contributed by atoms with E-state index in [1.807, 2.05) is 24.5 Å². The van der Waals surface area contributed by atoms with Crippen molar-refractivity contribution in [1.82, 2.24) is 5.32 Å². The van der Waals surface area contributed by atoms with Gasteiger partial charge in [0.15, 0.2) is 0 Å². The van der Waals surface area contributed by atoms with E-state index in [4.69, 9.17) is 0 Å². The Kier molecular flexibility index (Phi) is 5.12. The third kappa shape index (κ3) is 3.50. The van der Waals surface area contributed by atoms with Gasteiger partial charge in [0.05, 0.1) is 5.92 Å². The quantitative estimate of drug-likeness (QED) is 0.897. The number of nitrogens with zero attached hydrogens (tertiary/aromatic N) is 1. The highest BCUT2D eigenvalue weighted by atomic mass is 32.2. The van der Waals surface area contributed by atoms with Crippen molar-refractivity contribution < 1.29 is 14.7 Å². The van der Waals surface area contributed by atoms with Crippen LogP contribution in [-0.4, -0.2) is 41.7 Å². The second-order valence-electron chi connectivity index (χ2n) is 5.12. The number of hydrogen-bond donors (Lipinski definition) is 2. The summed E-state index contributed by atoms with van der Waals surface area (Å²) < 4.78 is 0. The molecule has 1 aliphatic heterocycles. The number of urea groups is 1. The van der Waals surface area contributed by atoms with E-state index in [9.17, 15) is 14.7 Å². The molecular weight excluding hydrogens is 288 g/mol. The molecule has 1 aromatic rings. The normalized spacial score (nSPS) is 18.8. The zero-order valence-electron chi connectivity index (χ0n) is 12.2. The molecule has 0 aliphatic carbocycles. The Morgan fingerprint density at radius 2 is 2.19 bits per heavy atom. The van der Waals surface area contributed by atoms with E-state index in [-0.39, 0.29) is 6.03 Å². The third-order valence-electron chi connectivity index (χ3n) is 3.73. The lowest BCUT2D eigenvalue weighted by Gasteiger charge is -2.32. The highest BCUT2D eigenvalue weighted by Gasteiger charge is 2.32. The number of carbonyl (C=O) groups is 2. The molecule has 1 aromatic carbocycles. The summed E-state index contributed by atoms with van der Waals surface area (Å²) in [6, 6.07) is 7.08. The van der Waals surface area contributed by atoms with Gasteiger partial charge in [-0.2, -0.15) is 11.8 Å². The van der Waals surface area contributed by atoms with E-state index in [2.05, 4.69) is 12.2 Å². The van der Waals surface area contributed by atoms with Crippen LogP contribution in [0.5, 0.6) is 0 Å². The van der Waals surface area contributed by atoms with Crippen molar-refractivity contribution in [2.75, 3.05) is 24.2 Å². The number of fused-ring (bicyclic) bond motifs is 1. The standard InChI is InChI=1S/C15H20N2O3S/c1-10(21-2)9-16-15(20)17-8-7-12(14(18)19)11-5-3-4-6-13(11)17/h3-6,10,12H,7-9H2,1-2H3,(H,16,20)(H,18,19). The lowest BCUT2D eigenvalue weighted by atomic mass is 9.90. The van der Waals surface area contributed by atoms with Crippen LogP contribution in [0.4, 0.5) is 10.5 Å². The van der Waals surface area contributed by atoms with Crippen LogP contribution in [0.25, 0.3) is 0 Å². The van der Waals surface area contributed by atoms with Crippen LogP contribution in [0.1, 0.15) is 24.8 Å². The summed E-state index contributed by atoms with van der Waals surface area (Å²) in [4.78, 5) is 25.3. The molecule has 1 aliphatic rings. The maximum absolute atomic E-state index is 12.3. The van der Waals surface area contributed by atoms with Crippen LogP contribution < -0.4 is 10.2 Å². The van der Waals surface area contributed by atoms with E-state index in [0.717, 1.165) is 0 Å². The Labute approximate surface area is 128 Å². The van der Waals surface area contributed by atoms with Crippen LogP contribution in [-0.2, 0) is 4.79 Å². The maximum Gasteiger partial charge on any atom is 0.321 e. The molecule has 2 unspecified atom stereocenters. The first kappa shape index (κ1) is 15.7. The first-order valence-electron chi connectivity index (χ1n) is 6.94. The number of amides is 2. The summed E-state index contributed by atoms with van der Waals surface area (Å²) in [7, 11) is 0. The number of carboxylic acids is 1. The van der Waals surface area contributed by atoms with Crippen molar-refractivity contribution in [3.63, 3.8) is 0 Å². The number of thioether (sulfide) groups is 1. The highest BCUT2D eigenvalue weighted by Crippen LogP contribution is 2.35. The Morgan fingerprint density at radius 3 is 2.86 bits per heavy atom. The smallest absolute Gasteiger partial charge is 0.321 e. The van der Waals surface area contributed by atoms with Crippen LogP contribution in [0.15, 0.2) is 24.3 Å². The van der Waals surface area contributed by atoms with Crippen molar-refractivity contribution in [3.05, 3.63) is 29.8 Å². The average Bonchev–Trinajstić information content (AvgIpc) is 2.50.